The minimum absolute atomic E-state index is 0.351. The molecule has 0 aliphatic heterocycles. The van der Waals surface area contributed by atoms with Gasteiger partial charge in [-0.05, 0) is 0 Å². The zero-order valence-electron chi connectivity index (χ0n) is 7.87. The van der Waals surface area contributed by atoms with E-state index in [-0.39, 0.29) is 0 Å². The molecule has 0 rings (SSSR count). The normalized spacial score (nSPS) is 13.0. The molecule has 0 atom stereocenters. The van der Waals surface area contributed by atoms with E-state index in [0.29, 0.717) is 22.3 Å². The van der Waals surface area contributed by atoms with Crippen LogP contribution in [0.15, 0.2) is 0 Å². The first-order chi connectivity index (χ1) is 4.83. The molecule has 0 bridgehead atoms. The topological polar surface area (TPSA) is 37.3 Å². The van der Waals surface area contributed by atoms with Crippen LogP contribution in [0.5, 0.6) is 0 Å². The molecule has 0 aliphatic carbocycles. The van der Waals surface area contributed by atoms with Crippen LogP contribution in [0.2, 0.25) is 10.4 Å². The van der Waals surface area contributed by atoms with E-state index in [1.807, 2.05) is 27.7 Å². The monoisotopic (exact) mass is 222 g/mol. The van der Waals surface area contributed by atoms with Crippen LogP contribution >= 0.6 is 0 Å². The summed E-state index contributed by atoms with van der Waals surface area (Å²) >= 11 is -3.41. The first-order valence-corrected chi connectivity index (χ1v) is 8.40. The first-order valence-electron chi connectivity index (χ1n) is 4.14. The van der Waals surface area contributed by atoms with E-state index in [9.17, 15) is 7.84 Å². The van der Waals surface area contributed by atoms with Crippen molar-refractivity contribution in [2.45, 2.75) is 38.1 Å². The van der Waals surface area contributed by atoms with E-state index in [4.69, 9.17) is 0 Å². The molecule has 0 aromatic carbocycles. The molecule has 0 spiro atoms. The molecule has 11 heavy (non-hydrogen) atoms. The molecule has 0 aromatic heterocycles. The summed E-state index contributed by atoms with van der Waals surface area (Å²) in [6.45, 7) is 7.96. The van der Waals surface area contributed by atoms with Gasteiger partial charge < -0.3 is 0 Å². The Kier molecular flexibility index (Phi) is 4.50. The fraction of sp³-hybridized carbons (Fsp3) is 1.00. The van der Waals surface area contributed by atoms with Crippen LogP contribution in [0, 0.1) is 11.8 Å². The second kappa shape index (κ2) is 4.37. The summed E-state index contributed by atoms with van der Waals surface area (Å²) in [6, 6.07) is 0. The Morgan fingerprint density at radius 3 is 1.55 bits per heavy atom. The number of hydrogen-bond donors (Lipinski definition) is 1. The van der Waals surface area contributed by atoms with Gasteiger partial charge in [0, 0.05) is 0 Å². The molecule has 3 heteroatoms. The quantitative estimate of drug-likeness (QED) is 0.740. The Morgan fingerprint density at radius 1 is 1.09 bits per heavy atom. The maximum atomic E-state index is 11.5. The van der Waals surface area contributed by atoms with Crippen LogP contribution in [-0.2, 0) is 3.74 Å². The van der Waals surface area contributed by atoms with Gasteiger partial charge in [-0.25, -0.2) is 0 Å². The number of hydrogen-bond acceptors (Lipinski definition) is 1. The van der Waals surface area contributed by atoms with E-state index >= 15 is 0 Å². The Morgan fingerprint density at radius 2 is 1.36 bits per heavy atom. The average molecular weight is 222 g/mol. The van der Waals surface area contributed by atoms with E-state index < -0.39 is 13.8 Å². The van der Waals surface area contributed by atoms with E-state index in [2.05, 4.69) is 0 Å². The SMILES string of the molecule is CC(C)C[As](=O)(O)CC(C)C. The van der Waals surface area contributed by atoms with Crippen LogP contribution in [0.3, 0.4) is 0 Å². The van der Waals surface area contributed by atoms with Crippen molar-refractivity contribution < 1.29 is 7.84 Å². The van der Waals surface area contributed by atoms with Gasteiger partial charge in [-0.15, -0.1) is 0 Å². The Hall–Kier alpha value is 0.318. The second-order valence-corrected chi connectivity index (χ2v) is 9.08. The van der Waals surface area contributed by atoms with Gasteiger partial charge in [-0.3, -0.25) is 0 Å². The molecule has 68 valence electrons. The third-order valence-corrected chi connectivity index (χ3v) is 6.76. The van der Waals surface area contributed by atoms with Crippen molar-refractivity contribution in [3.8, 4) is 0 Å². The van der Waals surface area contributed by atoms with E-state index in [0.717, 1.165) is 0 Å². The van der Waals surface area contributed by atoms with Crippen molar-refractivity contribution in [1.82, 2.24) is 0 Å². The van der Waals surface area contributed by atoms with Gasteiger partial charge in [0.2, 0.25) is 0 Å². The molecule has 0 amide bonds. The predicted molar refractivity (Wildman–Crippen MR) is 47.9 cm³/mol. The van der Waals surface area contributed by atoms with Crippen molar-refractivity contribution in [2.24, 2.45) is 11.8 Å². The summed E-state index contributed by atoms with van der Waals surface area (Å²) in [5.74, 6) is 0.701. The molecule has 2 nitrogen and oxygen atoms in total. The summed E-state index contributed by atoms with van der Waals surface area (Å²) in [4.78, 5) is 0. The second-order valence-electron chi connectivity index (χ2n) is 4.00. The Balaban J connectivity index is 3.91. The van der Waals surface area contributed by atoms with Gasteiger partial charge in [0.1, 0.15) is 0 Å². The zero-order valence-corrected chi connectivity index (χ0v) is 9.75. The first kappa shape index (κ1) is 11.3. The molecule has 0 aromatic rings. The van der Waals surface area contributed by atoms with Gasteiger partial charge in [0.15, 0.2) is 0 Å². The van der Waals surface area contributed by atoms with Crippen LogP contribution in [0.25, 0.3) is 0 Å². The predicted octanol–water partition coefficient (Wildman–Crippen LogP) is 2.16. The van der Waals surface area contributed by atoms with E-state index in [1.165, 1.54) is 0 Å². The molecule has 0 fully saturated rings. The minimum atomic E-state index is -3.41. The van der Waals surface area contributed by atoms with Crippen LogP contribution in [-0.4, -0.2) is 17.9 Å². The van der Waals surface area contributed by atoms with Crippen LogP contribution in [0.1, 0.15) is 27.7 Å². The Bertz CT molecular complexity index is 138. The van der Waals surface area contributed by atoms with Gasteiger partial charge in [0.05, 0.1) is 0 Å². The van der Waals surface area contributed by atoms with Crippen molar-refractivity contribution in [3.05, 3.63) is 0 Å². The van der Waals surface area contributed by atoms with Crippen molar-refractivity contribution in [1.29, 1.82) is 0 Å². The van der Waals surface area contributed by atoms with Gasteiger partial charge in [-0.2, -0.15) is 0 Å². The van der Waals surface area contributed by atoms with Crippen LogP contribution in [0.4, 0.5) is 0 Å². The summed E-state index contributed by atoms with van der Waals surface area (Å²) in [7, 11) is 0. The molecule has 1 N–H and O–H groups in total. The third-order valence-electron chi connectivity index (χ3n) is 1.30. The molecule has 0 heterocycles. The molecule has 0 aliphatic rings. The standard InChI is InChI=1S/C8H19AsO2/c1-7(2)5-9(10,11)6-8(3)4/h7-8H,5-6H2,1-4H3,(H,10,11). The van der Waals surface area contributed by atoms with Crippen LogP contribution < -0.4 is 0 Å². The molecule has 0 unspecified atom stereocenters. The Labute approximate surface area is 72.0 Å². The summed E-state index contributed by atoms with van der Waals surface area (Å²) in [6.07, 6.45) is 0. The van der Waals surface area contributed by atoms with Gasteiger partial charge >= 0.3 is 71.6 Å². The fourth-order valence-corrected chi connectivity index (χ4v) is 6.32. The fourth-order valence-electron chi connectivity index (χ4n) is 1.22. The molecule has 0 saturated carbocycles. The molecule has 0 radical (unpaired) electrons. The molecular weight excluding hydrogens is 203 g/mol. The zero-order chi connectivity index (χ0) is 9.07. The average Bonchev–Trinajstić information content (AvgIpc) is 1.53. The molecule has 0 saturated heterocycles. The number of rotatable bonds is 4. The van der Waals surface area contributed by atoms with Gasteiger partial charge in [-0.1, -0.05) is 0 Å². The van der Waals surface area contributed by atoms with Gasteiger partial charge in [0.25, 0.3) is 0 Å². The molecular formula is C8H19AsO2. The summed E-state index contributed by atoms with van der Waals surface area (Å²) in [5, 5.41) is 1.05. The van der Waals surface area contributed by atoms with Crippen molar-refractivity contribution >= 4 is 13.8 Å². The van der Waals surface area contributed by atoms with Crippen molar-refractivity contribution in [2.75, 3.05) is 0 Å². The summed E-state index contributed by atoms with van der Waals surface area (Å²) < 4.78 is 20.9. The maximum absolute atomic E-state index is 11.5. The van der Waals surface area contributed by atoms with E-state index in [1.54, 1.807) is 0 Å². The summed E-state index contributed by atoms with van der Waals surface area (Å²) in [5.41, 5.74) is 0. The third kappa shape index (κ3) is 6.71. The van der Waals surface area contributed by atoms with Crippen molar-refractivity contribution in [3.63, 3.8) is 0 Å².